The number of nitrogens with one attached hydrogen (secondary N) is 1. The Morgan fingerprint density at radius 1 is 1.45 bits per heavy atom. The molecule has 2 aliphatic heterocycles. The monoisotopic (exact) mass is 304 g/mol. The molecule has 1 aromatic rings. The molecule has 1 saturated heterocycles. The maximum atomic E-state index is 12.8. The van der Waals surface area contributed by atoms with Crippen molar-refractivity contribution in [3.8, 4) is 5.75 Å². The molecule has 2 aliphatic rings. The highest BCUT2D eigenvalue weighted by molar-refractivity contribution is 6.02. The van der Waals surface area contributed by atoms with Crippen molar-refractivity contribution in [2.45, 2.75) is 39.0 Å². The summed E-state index contributed by atoms with van der Waals surface area (Å²) >= 11 is 0. The van der Waals surface area contributed by atoms with Gasteiger partial charge in [0.05, 0.1) is 17.3 Å². The van der Waals surface area contributed by atoms with E-state index in [1.165, 1.54) is 6.92 Å². The highest BCUT2D eigenvalue weighted by Crippen LogP contribution is 2.36. The molecule has 1 N–H and O–H groups in total. The summed E-state index contributed by atoms with van der Waals surface area (Å²) in [5.41, 5.74) is 1.06. The Morgan fingerprint density at radius 2 is 2.27 bits per heavy atom. The van der Waals surface area contributed by atoms with Crippen molar-refractivity contribution >= 4 is 17.6 Å². The summed E-state index contributed by atoms with van der Waals surface area (Å²) in [6, 6.07) is 5.16. The van der Waals surface area contributed by atoms with Gasteiger partial charge in [-0.15, -0.1) is 0 Å². The van der Waals surface area contributed by atoms with Crippen molar-refractivity contribution in [2.75, 3.05) is 18.5 Å². The van der Waals surface area contributed by atoms with E-state index in [0.717, 1.165) is 19.4 Å². The molecule has 22 heavy (non-hydrogen) atoms. The molecule has 0 spiro atoms. The molecule has 6 nitrogen and oxygen atoms in total. The number of esters is 1. The molecular weight excluding hydrogens is 284 g/mol. The number of hydrogen-bond acceptors (Lipinski definition) is 5. The largest absolute Gasteiger partial charge is 0.424 e. The van der Waals surface area contributed by atoms with Crippen molar-refractivity contribution in [3.63, 3.8) is 0 Å². The van der Waals surface area contributed by atoms with Crippen molar-refractivity contribution < 1.29 is 19.1 Å². The Bertz CT molecular complexity index is 602. The van der Waals surface area contributed by atoms with Gasteiger partial charge in [0, 0.05) is 20.1 Å². The maximum absolute atomic E-state index is 12.8. The molecule has 2 unspecified atom stereocenters. The third-order valence-corrected chi connectivity index (χ3v) is 4.05. The van der Waals surface area contributed by atoms with E-state index in [1.807, 2.05) is 11.8 Å². The van der Waals surface area contributed by atoms with Gasteiger partial charge in [-0.25, -0.2) is 0 Å². The van der Waals surface area contributed by atoms with Crippen LogP contribution in [0.1, 0.15) is 37.0 Å². The van der Waals surface area contributed by atoms with Gasteiger partial charge in [-0.05, 0) is 31.9 Å². The number of benzene rings is 1. The second-order valence-electron chi connectivity index (χ2n) is 5.50. The average molecular weight is 304 g/mol. The maximum Gasteiger partial charge on any atom is 0.308 e. The molecule has 3 rings (SSSR count). The van der Waals surface area contributed by atoms with Crippen LogP contribution in [0.15, 0.2) is 18.2 Å². The lowest BCUT2D eigenvalue weighted by Gasteiger charge is -2.29. The molecule has 0 aliphatic carbocycles. The highest BCUT2D eigenvalue weighted by atomic mass is 16.5. The first-order valence-corrected chi connectivity index (χ1v) is 7.62. The first kappa shape index (κ1) is 14.8. The van der Waals surface area contributed by atoms with Gasteiger partial charge in [-0.1, -0.05) is 6.07 Å². The van der Waals surface area contributed by atoms with Crippen molar-refractivity contribution in [3.05, 3.63) is 23.8 Å². The molecule has 0 aromatic heterocycles. The van der Waals surface area contributed by atoms with Gasteiger partial charge < -0.3 is 19.7 Å². The summed E-state index contributed by atoms with van der Waals surface area (Å²) in [6.45, 7) is 4.54. The summed E-state index contributed by atoms with van der Waals surface area (Å²) in [4.78, 5) is 25.9. The van der Waals surface area contributed by atoms with E-state index in [4.69, 9.17) is 9.47 Å². The van der Waals surface area contributed by atoms with Gasteiger partial charge in [-0.3, -0.25) is 9.59 Å². The molecule has 2 heterocycles. The van der Waals surface area contributed by atoms with E-state index in [-0.39, 0.29) is 18.2 Å². The predicted molar refractivity (Wildman–Crippen MR) is 80.8 cm³/mol. The number of anilines is 1. The molecule has 0 radical (unpaired) electrons. The fourth-order valence-corrected chi connectivity index (χ4v) is 3.18. The zero-order valence-electron chi connectivity index (χ0n) is 12.8. The van der Waals surface area contributed by atoms with Crippen molar-refractivity contribution in [1.82, 2.24) is 4.90 Å². The number of ether oxygens (including phenoxy) is 2. The predicted octanol–water partition coefficient (Wildman–Crippen LogP) is 2.00. The van der Waals surface area contributed by atoms with E-state index >= 15 is 0 Å². The number of carbonyl (C=O) groups is 2. The number of hydrogen-bond donors (Lipinski definition) is 1. The zero-order valence-corrected chi connectivity index (χ0v) is 12.8. The fraction of sp³-hybridized carbons (Fsp3) is 0.500. The smallest absolute Gasteiger partial charge is 0.308 e. The van der Waals surface area contributed by atoms with Gasteiger partial charge in [0.15, 0.2) is 5.75 Å². The number of fused-ring (bicyclic) bond motifs is 2. The molecular formula is C16H20N2O4. The third kappa shape index (κ3) is 2.54. The molecule has 1 amide bonds. The molecule has 6 heteroatoms. The van der Waals surface area contributed by atoms with Gasteiger partial charge in [0.2, 0.25) is 0 Å². The quantitative estimate of drug-likeness (QED) is 0.683. The Balaban J connectivity index is 2.05. The van der Waals surface area contributed by atoms with Crippen molar-refractivity contribution in [1.29, 1.82) is 0 Å². The van der Waals surface area contributed by atoms with Crippen LogP contribution in [0.3, 0.4) is 0 Å². The number of para-hydroxylation sites is 1. The summed E-state index contributed by atoms with van der Waals surface area (Å²) in [7, 11) is 0. The van der Waals surface area contributed by atoms with Crippen LogP contribution in [0.4, 0.5) is 5.69 Å². The van der Waals surface area contributed by atoms with Crippen LogP contribution in [0.5, 0.6) is 5.75 Å². The van der Waals surface area contributed by atoms with Crippen LogP contribution < -0.4 is 10.1 Å². The second-order valence-corrected chi connectivity index (χ2v) is 5.50. The van der Waals surface area contributed by atoms with Gasteiger partial charge in [0.1, 0.15) is 6.23 Å². The summed E-state index contributed by atoms with van der Waals surface area (Å²) in [5.74, 6) is -0.0919. The van der Waals surface area contributed by atoms with Crippen LogP contribution in [0.2, 0.25) is 0 Å². The zero-order chi connectivity index (χ0) is 15.7. The number of nitrogens with zero attached hydrogens (tertiary/aromatic N) is 1. The Kier molecular flexibility index (Phi) is 4.02. The van der Waals surface area contributed by atoms with E-state index < -0.39 is 5.97 Å². The van der Waals surface area contributed by atoms with Crippen molar-refractivity contribution in [2.24, 2.45) is 0 Å². The topological polar surface area (TPSA) is 67.9 Å². The lowest BCUT2D eigenvalue weighted by molar-refractivity contribution is -0.131. The minimum atomic E-state index is -0.416. The third-order valence-electron chi connectivity index (χ3n) is 4.05. The lowest BCUT2D eigenvalue weighted by atomic mass is 10.1. The Morgan fingerprint density at radius 3 is 3.00 bits per heavy atom. The minimum Gasteiger partial charge on any atom is -0.424 e. The van der Waals surface area contributed by atoms with E-state index in [2.05, 4.69) is 5.32 Å². The number of carbonyl (C=O) groups excluding carboxylic acids is 2. The van der Waals surface area contributed by atoms with E-state index in [9.17, 15) is 9.59 Å². The summed E-state index contributed by atoms with van der Waals surface area (Å²) in [6.07, 6.45) is 1.58. The first-order chi connectivity index (χ1) is 10.6. The van der Waals surface area contributed by atoms with Gasteiger partial charge >= 0.3 is 5.97 Å². The fourth-order valence-electron chi connectivity index (χ4n) is 3.18. The number of amides is 1. The van der Waals surface area contributed by atoms with Gasteiger partial charge in [-0.2, -0.15) is 0 Å². The van der Waals surface area contributed by atoms with Crippen LogP contribution in [-0.2, 0) is 9.53 Å². The van der Waals surface area contributed by atoms with Gasteiger partial charge in [0.25, 0.3) is 5.91 Å². The molecule has 1 fully saturated rings. The minimum absolute atomic E-state index is 0.00466. The highest BCUT2D eigenvalue weighted by Gasteiger charge is 2.40. The summed E-state index contributed by atoms with van der Waals surface area (Å²) in [5, 5.41) is 3.27. The summed E-state index contributed by atoms with van der Waals surface area (Å²) < 4.78 is 11.0. The normalized spacial score (nSPS) is 23.4. The standard InChI is InChI=1S/C16H20N2O4/c1-3-21-15-12-7-5-9-18(12)16(20)11-6-4-8-13(14(11)17-15)22-10(2)19/h4,6,8,12,15,17H,3,5,7,9H2,1-2H3. The molecule has 0 bridgehead atoms. The number of rotatable bonds is 3. The van der Waals surface area contributed by atoms with E-state index in [1.54, 1.807) is 18.2 Å². The lowest BCUT2D eigenvalue weighted by Crippen LogP contribution is -2.44. The second kappa shape index (κ2) is 5.96. The molecule has 1 aromatic carbocycles. The molecule has 2 atom stereocenters. The van der Waals surface area contributed by atoms with Crippen LogP contribution in [0, 0.1) is 0 Å². The Hall–Kier alpha value is -2.08. The SMILES string of the molecule is CCOC1Nc2c(OC(C)=O)cccc2C(=O)N2CCCC12. The van der Waals surface area contributed by atoms with Crippen LogP contribution in [-0.4, -0.2) is 42.2 Å². The van der Waals surface area contributed by atoms with Crippen LogP contribution in [0.25, 0.3) is 0 Å². The van der Waals surface area contributed by atoms with Crippen LogP contribution >= 0.6 is 0 Å². The average Bonchev–Trinajstić information content (AvgIpc) is 2.92. The first-order valence-electron chi connectivity index (χ1n) is 7.62. The van der Waals surface area contributed by atoms with E-state index in [0.29, 0.717) is 23.6 Å². The Labute approximate surface area is 129 Å². The molecule has 118 valence electrons. The molecule has 0 saturated carbocycles.